The number of ether oxygens (including phenoxy) is 3. The lowest BCUT2D eigenvalue weighted by Crippen LogP contribution is -2.16. The number of nitrogens with zero attached hydrogens (tertiary/aromatic N) is 2. The Morgan fingerprint density at radius 3 is 2.17 bits per heavy atom. The summed E-state index contributed by atoms with van der Waals surface area (Å²) in [4.78, 5) is 29.7. The van der Waals surface area contributed by atoms with Crippen LogP contribution in [0.5, 0.6) is 11.5 Å². The summed E-state index contributed by atoms with van der Waals surface area (Å²) in [6, 6.07) is 13.4. The zero-order chi connectivity index (χ0) is 21.7. The molecule has 30 heavy (non-hydrogen) atoms. The van der Waals surface area contributed by atoms with Crippen LogP contribution in [-0.4, -0.2) is 40.8 Å². The Kier molecular flexibility index (Phi) is 6.48. The monoisotopic (exact) mass is 410 g/mol. The van der Waals surface area contributed by atoms with E-state index >= 15 is 0 Å². The van der Waals surface area contributed by atoms with Gasteiger partial charge < -0.3 is 19.3 Å². The molecule has 0 saturated carbocycles. The van der Waals surface area contributed by atoms with Crippen molar-refractivity contribution < 1.29 is 28.9 Å². The Labute approximate surface area is 173 Å². The van der Waals surface area contributed by atoms with Crippen LogP contribution in [0.3, 0.4) is 0 Å². The van der Waals surface area contributed by atoms with E-state index in [-0.39, 0.29) is 18.0 Å². The van der Waals surface area contributed by atoms with Crippen molar-refractivity contribution in [2.75, 3.05) is 14.2 Å². The molecule has 0 aliphatic carbocycles. The molecule has 0 bridgehead atoms. The second-order valence-corrected chi connectivity index (χ2v) is 6.42. The fraction of sp³-hybridized carbons (Fsp3) is 0.227. The third-order valence-electron chi connectivity index (χ3n) is 4.39. The van der Waals surface area contributed by atoms with Crippen molar-refractivity contribution in [3.05, 3.63) is 77.4 Å². The number of esters is 1. The predicted molar refractivity (Wildman–Crippen MR) is 108 cm³/mol. The standard InChI is InChI=1S/C22H22N2O6/c1-14(25)20-23-15(13-30-22(27)17-9-5-7-11-19(17)29-3)12-24(20)21(26)16-8-4-6-10-18(16)28-2/h4-12,14,25H,13H2,1-3H3. The van der Waals surface area contributed by atoms with Crippen LogP contribution in [0.1, 0.15) is 45.3 Å². The van der Waals surface area contributed by atoms with Gasteiger partial charge in [-0.3, -0.25) is 9.36 Å². The minimum atomic E-state index is -1.01. The number of imidazole rings is 1. The lowest BCUT2D eigenvalue weighted by Gasteiger charge is -2.10. The van der Waals surface area contributed by atoms with Gasteiger partial charge in [0.05, 0.1) is 25.5 Å². The molecule has 0 amide bonds. The molecular formula is C22H22N2O6. The van der Waals surface area contributed by atoms with Crippen LogP contribution in [0.15, 0.2) is 54.7 Å². The number of para-hydroxylation sites is 2. The highest BCUT2D eigenvalue weighted by molar-refractivity contribution is 5.99. The smallest absolute Gasteiger partial charge is 0.342 e. The molecule has 0 aliphatic heterocycles. The number of carbonyl (C=O) groups excluding carboxylic acids is 2. The van der Waals surface area contributed by atoms with Crippen molar-refractivity contribution in [3.63, 3.8) is 0 Å². The van der Waals surface area contributed by atoms with E-state index in [1.165, 1.54) is 31.9 Å². The van der Waals surface area contributed by atoms with Crippen LogP contribution in [0.25, 0.3) is 0 Å². The Morgan fingerprint density at radius 1 is 1.00 bits per heavy atom. The molecule has 0 saturated heterocycles. The van der Waals surface area contributed by atoms with Gasteiger partial charge in [0.25, 0.3) is 5.91 Å². The van der Waals surface area contributed by atoms with Gasteiger partial charge in [0.1, 0.15) is 35.6 Å². The molecule has 0 aliphatic rings. The van der Waals surface area contributed by atoms with E-state index in [9.17, 15) is 14.7 Å². The molecule has 2 aromatic carbocycles. The quantitative estimate of drug-likeness (QED) is 0.598. The third kappa shape index (κ3) is 4.33. The summed E-state index contributed by atoms with van der Waals surface area (Å²) in [7, 11) is 2.94. The lowest BCUT2D eigenvalue weighted by molar-refractivity contribution is 0.0464. The van der Waals surface area contributed by atoms with Gasteiger partial charge in [-0.2, -0.15) is 0 Å². The van der Waals surface area contributed by atoms with E-state index < -0.39 is 18.0 Å². The molecule has 3 aromatic rings. The van der Waals surface area contributed by atoms with Gasteiger partial charge in [0.2, 0.25) is 0 Å². The predicted octanol–water partition coefficient (Wildman–Crippen LogP) is 3.00. The average Bonchev–Trinajstić information content (AvgIpc) is 3.21. The van der Waals surface area contributed by atoms with Crippen molar-refractivity contribution in [3.8, 4) is 11.5 Å². The van der Waals surface area contributed by atoms with Crippen LogP contribution in [0, 0.1) is 0 Å². The Bertz CT molecular complexity index is 1060. The zero-order valence-corrected chi connectivity index (χ0v) is 16.9. The van der Waals surface area contributed by atoms with Gasteiger partial charge in [-0.25, -0.2) is 9.78 Å². The number of benzene rings is 2. The summed E-state index contributed by atoms with van der Waals surface area (Å²) in [5.41, 5.74) is 0.912. The van der Waals surface area contributed by atoms with E-state index in [0.29, 0.717) is 22.8 Å². The van der Waals surface area contributed by atoms with Crippen molar-refractivity contribution in [2.45, 2.75) is 19.6 Å². The van der Waals surface area contributed by atoms with E-state index in [1.807, 2.05) is 0 Å². The second-order valence-electron chi connectivity index (χ2n) is 6.42. The largest absolute Gasteiger partial charge is 0.496 e. The van der Waals surface area contributed by atoms with Crippen LogP contribution in [0.4, 0.5) is 0 Å². The normalized spacial score (nSPS) is 11.6. The summed E-state index contributed by atoms with van der Waals surface area (Å²) in [6.07, 6.45) is 0.425. The first-order valence-electron chi connectivity index (χ1n) is 9.20. The number of rotatable bonds is 7. The Morgan fingerprint density at radius 2 is 1.57 bits per heavy atom. The molecular weight excluding hydrogens is 388 g/mol. The highest BCUT2D eigenvalue weighted by Gasteiger charge is 2.22. The number of aromatic nitrogens is 2. The van der Waals surface area contributed by atoms with Crippen LogP contribution < -0.4 is 9.47 Å². The van der Waals surface area contributed by atoms with E-state index in [1.54, 1.807) is 48.5 Å². The number of carbonyl (C=O) groups is 2. The molecule has 1 N–H and O–H groups in total. The summed E-state index contributed by atoms with van der Waals surface area (Å²) in [5, 5.41) is 10.1. The highest BCUT2D eigenvalue weighted by Crippen LogP contribution is 2.23. The average molecular weight is 410 g/mol. The molecule has 1 heterocycles. The fourth-order valence-electron chi connectivity index (χ4n) is 2.95. The molecule has 0 radical (unpaired) electrons. The number of hydrogen-bond acceptors (Lipinski definition) is 7. The lowest BCUT2D eigenvalue weighted by atomic mass is 10.2. The van der Waals surface area contributed by atoms with Crippen molar-refractivity contribution in [1.82, 2.24) is 9.55 Å². The summed E-state index contributed by atoms with van der Waals surface area (Å²) in [5.74, 6) is -0.0787. The van der Waals surface area contributed by atoms with E-state index in [4.69, 9.17) is 14.2 Å². The maximum Gasteiger partial charge on any atom is 0.342 e. The van der Waals surface area contributed by atoms with Crippen LogP contribution >= 0.6 is 0 Å². The zero-order valence-electron chi connectivity index (χ0n) is 16.9. The Hall–Kier alpha value is -3.65. The molecule has 8 nitrogen and oxygen atoms in total. The topological polar surface area (TPSA) is 99.9 Å². The van der Waals surface area contributed by atoms with Crippen molar-refractivity contribution >= 4 is 11.9 Å². The number of aliphatic hydroxyl groups excluding tert-OH is 1. The first kappa shape index (κ1) is 21.1. The van der Waals surface area contributed by atoms with Gasteiger partial charge in [0, 0.05) is 6.20 Å². The highest BCUT2D eigenvalue weighted by atomic mass is 16.5. The maximum absolute atomic E-state index is 13.0. The molecule has 1 unspecified atom stereocenters. The van der Waals surface area contributed by atoms with Crippen LogP contribution in [0.2, 0.25) is 0 Å². The van der Waals surface area contributed by atoms with E-state index in [2.05, 4.69) is 4.98 Å². The fourth-order valence-corrected chi connectivity index (χ4v) is 2.95. The number of hydrogen-bond donors (Lipinski definition) is 1. The maximum atomic E-state index is 13.0. The first-order valence-corrected chi connectivity index (χ1v) is 9.20. The molecule has 3 rings (SSSR count). The Balaban J connectivity index is 1.84. The molecule has 8 heteroatoms. The molecule has 156 valence electrons. The summed E-state index contributed by atoms with van der Waals surface area (Å²) >= 11 is 0. The third-order valence-corrected chi connectivity index (χ3v) is 4.39. The summed E-state index contributed by atoms with van der Waals surface area (Å²) < 4.78 is 17.0. The van der Waals surface area contributed by atoms with Crippen molar-refractivity contribution in [2.24, 2.45) is 0 Å². The van der Waals surface area contributed by atoms with E-state index in [0.717, 1.165) is 0 Å². The molecule has 0 spiro atoms. The van der Waals surface area contributed by atoms with Gasteiger partial charge in [-0.05, 0) is 31.2 Å². The molecule has 1 atom stereocenters. The molecule has 0 fully saturated rings. The second kappa shape index (κ2) is 9.23. The van der Waals surface area contributed by atoms with Gasteiger partial charge in [-0.15, -0.1) is 0 Å². The van der Waals surface area contributed by atoms with Gasteiger partial charge in [0.15, 0.2) is 0 Å². The number of aliphatic hydroxyl groups is 1. The van der Waals surface area contributed by atoms with Gasteiger partial charge in [-0.1, -0.05) is 24.3 Å². The van der Waals surface area contributed by atoms with Crippen LogP contribution in [-0.2, 0) is 11.3 Å². The minimum Gasteiger partial charge on any atom is -0.496 e. The number of methoxy groups -OCH3 is 2. The minimum absolute atomic E-state index is 0.134. The molecule has 1 aromatic heterocycles. The van der Waals surface area contributed by atoms with Crippen molar-refractivity contribution in [1.29, 1.82) is 0 Å². The SMILES string of the molecule is COc1ccccc1C(=O)OCc1cn(C(=O)c2ccccc2OC)c(C(C)O)n1. The summed E-state index contributed by atoms with van der Waals surface area (Å²) in [6.45, 7) is 1.32. The first-order chi connectivity index (χ1) is 14.5. The van der Waals surface area contributed by atoms with Gasteiger partial charge >= 0.3 is 5.97 Å².